The van der Waals surface area contributed by atoms with E-state index in [1.807, 2.05) is 12.1 Å². The van der Waals surface area contributed by atoms with Gasteiger partial charge in [0.2, 0.25) is 5.91 Å². The van der Waals surface area contributed by atoms with Crippen LogP contribution in [-0.2, 0) is 33.7 Å². The zero-order chi connectivity index (χ0) is 30.1. The summed E-state index contributed by atoms with van der Waals surface area (Å²) in [6, 6.07) is 12.9. The van der Waals surface area contributed by atoms with Crippen LogP contribution in [0.15, 0.2) is 48.5 Å². The Labute approximate surface area is 248 Å². The molecule has 3 aliphatic rings. The number of hydrogen-bond acceptors (Lipinski definition) is 8. The number of imide groups is 2. The van der Waals surface area contributed by atoms with Gasteiger partial charge in [0.15, 0.2) is 0 Å². The lowest BCUT2D eigenvalue weighted by molar-refractivity contribution is -0.151. The Kier molecular flexibility index (Phi) is 7.88. The average molecular weight is 584 g/mol. The molecule has 0 radical (unpaired) electrons. The quantitative estimate of drug-likeness (QED) is 0.306. The van der Waals surface area contributed by atoms with Crippen LogP contribution in [-0.4, -0.2) is 74.1 Å². The van der Waals surface area contributed by atoms with Crippen molar-refractivity contribution in [3.8, 4) is 0 Å². The Morgan fingerprint density at radius 2 is 1.60 bits per heavy atom. The number of esters is 1. The second-order valence-corrected chi connectivity index (χ2v) is 11.3. The molecule has 2 atom stereocenters. The fourth-order valence-electron chi connectivity index (χ4n) is 6.50. The summed E-state index contributed by atoms with van der Waals surface area (Å²) in [7, 11) is 1.36. The van der Waals surface area contributed by atoms with Gasteiger partial charge in [-0.25, -0.2) is 9.48 Å². The maximum Gasteiger partial charge on any atom is 0.337 e. The molecule has 4 amide bonds. The first-order valence-corrected chi connectivity index (χ1v) is 14.8. The summed E-state index contributed by atoms with van der Waals surface area (Å²) in [6.45, 7) is 0.320. The highest BCUT2D eigenvalue weighted by atomic mass is 16.5. The number of methoxy groups -OCH3 is 1. The van der Waals surface area contributed by atoms with Gasteiger partial charge in [-0.1, -0.05) is 42.3 Å². The first-order valence-electron chi connectivity index (χ1n) is 14.8. The van der Waals surface area contributed by atoms with Crippen LogP contribution in [0.2, 0.25) is 0 Å². The molecule has 0 spiro atoms. The van der Waals surface area contributed by atoms with Gasteiger partial charge < -0.3 is 4.74 Å². The van der Waals surface area contributed by atoms with Crippen molar-refractivity contribution < 1.29 is 28.7 Å². The number of nitrogens with zero attached hydrogens (tertiary/aromatic N) is 5. The summed E-state index contributed by atoms with van der Waals surface area (Å²) >= 11 is 0. The van der Waals surface area contributed by atoms with Crippen LogP contribution in [0.1, 0.15) is 92.5 Å². The Morgan fingerprint density at radius 3 is 2.30 bits per heavy atom. The molecule has 1 aliphatic carbocycles. The molecule has 222 valence electrons. The van der Waals surface area contributed by atoms with Gasteiger partial charge in [-0.3, -0.25) is 29.0 Å². The number of ether oxygens (including phenoxy) is 1. The third-order valence-corrected chi connectivity index (χ3v) is 8.71. The average Bonchev–Trinajstić information content (AvgIpc) is 3.52. The van der Waals surface area contributed by atoms with Crippen molar-refractivity contribution in [3.63, 3.8) is 0 Å². The normalized spacial score (nSPS) is 20.5. The van der Waals surface area contributed by atoms with Crippen LogP contribution in [0.5, 0.6) is 0 Å². The highest BCUT2D eigenvalue weighted by Crippen LogP contribution is 2.33. The molecule has 1 aromatic heterocycles. The minimum atomic E-state index is -1.03. The molecule has 1 fully saturated rings. The SMILES string of the molecule is COC(=O)c1ccc(CC2CCCCCc3nnn(CCN4C(=O)CCC(N5C(=O)c6ccccc6C5=O)C4=O)c32)cc1. The number of aryl methyl sites for hydroxylation is 1. The number of likely N-dealkylation sites (tertiary alicyclic amines) is 1. The minimum Gasteiger partial charge on any atom is -0.465 e. The summed E-state index contributed by atoms with van der Waals surface area (Å²) in [5.74, 6) is -2.15. The molecule has 0 N–H and O–H groups in total. The number of carbonyl (C=O) groups excluding carboxylic acids is 5. The molecule has 6 rings (SSSR count). The Bertz CT molecular complexity index is 1560. The molecule has 2 aromatic carbocycles. The summed E-state index contributed by atoms with van der Waals surface area (Å²) in [5, 5.41) is 8.93. The lowest BCUT2D eigenvalue weighted by Crippen LogP contribution is -2.56. The van der Waals surface area contributed by atoms with Crippen molar-refractivity contribution in [1.29, 1.82) is 0 Å². The van der Waals surface area contributed by atoms with E-state index in [9.17, 15) is 24.0 Å². The van der Waals surface area contributed by atoms with Gasteiger partial charge >= 0.3 is 5.97 Å². The molecule has 1 saturated heterocycles. The van der Waals surface area contributed by atoms with Gasteiger partial charge in [0.05, 0.1) is 41.7 Å². The lowest BCUT2D eigenvalue weighted by atomic mass is 9.86. The second-order valence-electron chi connectivity index (χ2n) is 11.3. The van der Waals surface area contributed by atoms with Crippen LogP contribution in [0, 0.1) is 0 Å². The van der Waals surface area contributed by atoms with E-state index < -0.39 is 23.8 Å². The van der Waals surface area contributed by atoms with E-state index in [1.54, 1.807) is 41.1 Å². The maximum atomic E-state index is 13.6. The Morgan fingerprint density at radius 1 is 0.884 bits per heavy atom. The number of amides is 4. The highest BCUT2D eigenvalue weighted by Gasteiger charge is 2.46. The van der Waals surface area contributed by atoms with Crippen molar-refractivity contribution in [2.45, 2.75) is 69.9 Å². The summed E-state index contributed by atoms with van der Waals surface area (Å²) in [4.78, 5) is 66.7. The number of piperidine rings is 1. The van der Waals surface area contributed by atoms with Crippen LogP contribution in [0.3, 0.4) is 0 Å². The van der Waals surface area contributed by atoms with Crippen LogP contribution in [0.4, 0.5) is 0 Å². The predicted molar refractivity (Wildman–Crippen MR) is 153 cm³/mol. The van der Waals surface area contributed by atoms with Gasteiger partial charge in [0.25, 0.3) is 17.7 Å². The van der Waals surface area contributed by atoms with Crippen molar-refractivity contribution in [2.24, 2.45) is 0 Å². The third-order valence-electron chi connectivity index (χ3n) is 8.71. The predicted octanol–water partition coefficient (Wildman–Crippen LogP) is 3.32. The number of rotatable bonds is 7. The topological polar surface area (TPSA) is 132 Å². The van der Waals surface area contributed by atoms with Crippen molar-refractivity contribution >= 4 is 29.6 Å². The van der Waals surface area contributed by atoms with Crippen LogP contribution in [0.25, 0.3) is 0 Å². The Balaban J connectivity index is 1.20. The standard InChI is InChI=1S/C32H33N5O6/c1-43-32(42)21-13-11-20(12-14-21)19-22-7-3-2-4-10-25-28(22)36(34-33-25)18-17-35-27(38)16-15-26(31(35)41)37-29(39)23-8-5-6-9-24(23)30(37)40/h5-6,8-9,11-14,22,26H,2-4,7,10,15-19H2,1H3. The highest BCUT2D eigenvalue weighted by molar-refractivity contribution is 6.23. The molecule has 11 heteroatoms. The van der Waals surface area contributed by atoms with E-state index in [-0.39, 0.29) is 54.9 Å². The molecule has 2 aliphatic heterocycles. The summed E-state index contributed by atoms with van der Waals surface area (Å²) in [5.41, 5.74) is 4.04. The van der Waals surface area contributed by atoms with Crippen LogP contribution >= 0.6 is 0 Å². The van der Waals surface area contributed by atoms with Gasteiger partial charge in [0, 0.05) is 18.9 Å². The molecular weight excluding hydrogens is 550 g/mol. The minimum absolute atomic E-state index is 0.0590. The van der Waals surface area contributed by atoms with Gasteiger partial charge in [-0.15, -0.1) is 5.10 Å². The monoisotopic (exact) mass is 583 g/mol. The molecule has 3 aromatic rings. The Hall–Kier alpha value is -4.67. The fraction of sp³-hybridized carbons (Fsp3) is 0.406. The number of fused-ring (bicyclic) bond motifs is 2. The summed E-state index contributed by atoms with van der Waals surface area (Å²) in [6.07, 6.45) is 5.79. The number of aromatic nitrogens is 3. The van der Waals surface area contributed by atoms with E-state index in [4.69, 9.17) is 4.74 Å². The fourth-order valence-corrected chi connectivity index (χ4v) is 6.50. The van der Waals surface area contributed by atoms with Gasteiger partial charge in [-0.05, 0) is 61.9 Å². The number of carbonyl (C=O) groups is 5. The molecule has 43 heavy (non-hydrogen) atoms. The molecule has 0 saturated carbocycles. The summed E-state index contributed by atoms with van der Waals surface area (Å²) < 4.78 is 6.62. The largest absolute Gasteiger partial charge is 0.465 e. The maximum absolute atomic E-state index is 13.6. The first-order chi connectivity index (χ1) is 20.9. The van der Waals surface area contributed by atoms with Gasteiger partial charge in [-0.2, -0.15) is 0 Å². The molecule has 11 nitrogen and oxygen atoms in total. The van der Waals surface area contributed by atoms with Gasteiger partial charge in [0.1, 0.15) is 6.04 Å². The third kappa shape index (κ3) is 5.35. The van der Waals surface area contributed by atoms with Crippen molar-refractivity contribution in [3.05, 3.63) is 82.2 Å². The molecule has 3 heterocycles. The van der Waals surface area contributed by atoms with E-state index in [2.05, 4.69) is 10.3 Å². The van der Waals surface area contributed by atoms with E-state index in [0.717, 1.165) is 65.3 Å². The lowest BCUT2D eigenvalue weighted by Gasteiger charge is -2.34. The van der Waals surface area contributed by atoms with E-state index in [0.29, 0.717) is 5.56 Å². The first kappa shape index (κ1) is 28.4. The zero-order valence-electron chi connectivity index (χ0n) is 24.0. The van der Waals surface area contributed by atoms with Crippen molar-refractivity contribution in [1.82, 2.24) is 24.8 Å². The molecular formula is C32H33N5O6. The number of benzene rings is 2. The molecule has 2 unspecified atom stereocenters. The smallest absolute Gasteiger partial charge is 0.337 e. The van der Waals surface area contributed by atoms with E-state index in [1.165, 1.54) is 7.11 Å². The van der Waals surface area contributed by atoms with Crippen LogP contribution < -0.4 is 0 Å². The zero-order valence-corrected chi connectivity index (χ0v) is 24.0. The molecule has 0 bridgehead atoms. The second kappa shape index (κ2) is 11.9. The van der Waals surface area contributed by atoms with E-state index >= 15 is 0 Å². The number of hydrogen-bond donors (Lipinski definition) is 0. The van der Waals surface area contributed by atoms with Crippen molar-refractivity contribution in [2.75, 3.05) is 13.7 Å².